The molecule has 0 radical (unpaired) electrons. The molecule has 0 spiro atoms. The van der Waals surface area contributed by atoms with E-state index in [0.717, 1.165) is 19.3 Å². The lowest BCUT2D eigenvalue weighted by molar-refractivity contribution is -0.134. The molecule has 0 aromatic heterocycles. The summed E-state index contributed by atoms with van der Waals surface area (Å²) in [5.74, 6) is -1.35. The quantitative estimate of drug-likeness (QED) is 0.340. The smallest absolute Gasteiger partial charge is 0.339 e. The van der Waals surface area contributed by atoms with E-state index in [-0.39, 0.29) is 12.4 Å². The molecule has 0 fully saturated rings. The van der Waals surface area contributed by atoms with Gasteiger partial charge in [0.05, 0.1) is 6.61 Å². The third-order valence-electron chi connectivity index (χ3n) is 2.17. The van der Waals surface area contributed by atoms with Gasteiger partial charge in [-0.2, -0.15) is 0 Å². The molecule has 0 aromatic carbocycles. The number of carboxylic acids is 1. The van der Waals surface area contributed by atoms with Crippen LogP contribution in [0, 0.1) is 0 Å². The van der Waals surface area contributed by atoms with Crippen molar-refractivity contribution >= 4 is 19.3 Å². The predicted octanol–water partition coefficient (Wildman–Crippen LogP) is 1.98. The van der Waals surface area contributed by atoms with Crippen LogP contribution in [0.2, 0.25) is 0 Å². The topological polar surface area (TPSA) is 101 Å². The number of allylic oxidation sites excluding steroid dienone is 1. The van der Waals surface area contributed by atoms with Crippen LogP contribution < -0.4 is 0 Å². The van der Waals surface area contributed by atoms with Gasteiger partial charge in [0.1, 0.15) is 6.16 Å². The van der Waals surface area contributed by atoms with Gasteiger partial charge >= 0.3 is 13.6 Å². The highest BCUT2D eigenvalue weighted by Gasteiger charge is 2.23. The van der Waals surface area contributed by atoms with Gasteiger partial charge in [0.25, 0.3) is 0 Å². The van der Waals surface area contributed by atoms with E-state index in [0.29, 0.717) is 12.8 Å². The summed E-state index contributed by atoms with van der Waals surface area (Å²) >= 11 is 0. The van der Waals surface area contributed by atoms with Crippen molar-refractivity contribution in [3.63, 3.8) is 0 Å². The van der Waals surface area contributed by atoms with Crippen molar-refractivity contribution < 1.29 is 28.7 Å². The van der Waals surface area contributed by atoms with Crippen LogP contribution in [0.4, 0.5) is 0 Å². The summed E-state index contributed by atoms with van der Waals surface area (Å²) in [6, 6.07) is 0. The van der Waals surface area contributed by atoms with E-state index in [1.165, 1.54) is 6.08 Å². The predicted molar refractivity (Wildman–Crippen MR) is 66.6 cm³/mol. The zero-order chi connectivity index (χ0) is 14.0. The third kappa shape index (κ3) is 10.2. The summed E-state index contributed by atoms with van der Waals surface area (Å²) in [7, 11) is -3.99. The van der Waals surface area contributed by atoms with Crippen LogP contribution in [0.15, 0.2) is 12.7 Å². The Hall–Kier alpha value is -0.970. The Balaban J connectivity index is 3.51. The number of rotatable bonds is 11. The van der Waals surface area contributed by atoms with E-state index in [9.17, 15) is 14.2 Å². The fourth-order valence-electron chi connectivity index (χ4n) is 1.28. The average molecular weight is 278 g/mol. The Morgan fingerprint density at radius 3 is 2.39 bits per heavy atom. The maximum atomic E-state index is 11.1. The first-order chi connectivity index (χ1) is 8.37. The first-order valence-corrected chi connectivity index (χ1v) is 7.47. The molecule has 0 amide bonds. The molecule has 0 aromatic rings. The molecule has 0 heterocycles. The minimum atomic E-state index is -3.99. The second kappa shape index (κ2) is 9.03. The van der Waals surface area contributed by atoms with Gasteiger partial charge in [-0.15, -0.1) is 0 Å². The molecule has 0 saturated carbocycles. The van der Waals surface area contributed by atoms with Crippen LogP contribution in [0.5, 0.6) is 0 Å². The first-order valence-electron chi connectivity index (χ1n) is 5.71. The van der Waals surface area contributed by atoms with Crippen molar-refractivity contribution in [3.05, 3.63) is 12.7 Å². The summed E-state index contributed by atoms with van der Waals surface area (Å²) in [4.78, 5) is 30.2. The molecule has 1 unspecified atom stereocenters. The maximum Gasteiger partial charge on any atom is 0.339 e. The number of hydrogen-bond acceptors (Lipinski definition) is 4. The van der Waals surface area contributed by atoms with Crippen LogP contribution in [0.25, 0.3) is 0 Å². The van der Waals surface area contributed by atoms with Crippen LogP contribution in [-0.2, 0) is 18.7 Å². The summed E-state index contributed by atoms with van der Waals surface area (Å²) < 4.78 is 15.8. The van der Waals surface area contributed by atoms with Crippen molar-refractivity contribution in [2.75, 3.05) is 12.8 Å². The van der Waals surface area contributed by atoms with Gasteiger partial charge in [-0.3, -0.25) is 14.2 Å². The Morgan fingerprint density at radius 1 is 1.22 bits per heavy atom. The number of aliphatic carboxylic acids is 1. The Labute approximate surface area is 106 Å². The SMILES string of the molecule is C=CC(=O)CCCCCCOP(=O)(O)CC(=O)O. The second-order valence-electron chi connectivity index (χ2n) is 3.86. The molecule has 104 valence electrons. The summed E-state index contributed by atoms with van der Waals surface area (Å²) in [6.45, 7) is 3.42. The number of unbranched alkanes of at least 4 members (excludes halogenated alkanes) is 3. The Morgan fingerprint density at radius 2 is 1.83 bits per heavy atom. The maximum absolute atomic E-state index is 11.1. The highest BCUT2D eigenvalue weighted by Crippen LogP contribution is 2.41. The highest BCUT2D eigenvalue weighted by molar-refractivity contribution is 7.53. The fourth-order valence-corrected chi connectivity index (χ4v) is 2.13. The van der Waals surface area contributed by atoms with Crippen LogP contribution in [0.3, 0.4) is 0 Å². The lowest BCUT2D eigenvalue weighted by atomic mass is 10.1. The molecule has 1 atom stereocenters. The van der Waals surface area contributed by atoms with E-state index in [4.69, 9.17) is 10.00 Å². The summed E-state index contributed by atoms with van der Waals surface area (Å²) in [5, 5.41) is 8.34. The van der Waals surface area contributed by atoms with E-state index < -0.39 is 19.7 Å². The molecule has 0 rings (SSSR count). The number of ketones is 1. The lowest BCUT2D eigenvalue weighted by Crippen LogP contribution is -2.06. The molecular formula is C11H19O6P. The van der Waals surface area contributed by atoms with Gasteiger partial charge in [0.2, 0.25) is 0 Å². The number of carbonyl (C=O) groups is 2. The van der Waals surface area contributed by atoms with Gasteiger partial charge in [-0.05, 0) is 18.9 Å². The molecule has 0 bridgehead atoms. The van der Waals surface area contributed by atoms with Crippen LogP contribution in [-0.4, -0.2) is 34.5 Å². The van der Waals surface area contributed by atoms with Gasteiger partial charge in [0, 0.05) is 6.42 Å². The van der Waals surface area contributed by atoms with Crippen LogP contribution in [0.1, 0.15) is 32.1 Å². The summed E-state index contributed by atoms with van der Waals surface area (Å²) in [5.41, 5.74) is 0. The Bertz CT molecular complexity index is 338. The molecule has 2 N–H and O–H groups in total. The van der Waals surface area contributed by atoms with Crippen molar-refractivity contribution in [2.24, 2.45) is 0 Å². The Kier molecular flexibility index (Phi) is 8.54. The molecule has 0 saturated heterocycles. The zero-order valence-electron chi connectivity index (χ0n) is 10.2. The fraction of sp³-hybridized carbons (Fsp3) is 0.636. The third-order valence-corrected chi connectivity index (χ3v) is 3.43. The van der Waals surface area contributed by atoms with Crippen molar-refractivity contribution in [1.29, 1.82) is 0 Å². The second-order valence-corrected chi connectivity index (χ2v) is 5.71. The average Bonchev–Trinajstić information content (AvgIpc) is 2.25. The van der Waals surface area contributed by atoms with Gasteiger partial charge in [-0.1, -0.05) is 19.4 Å². The molecule has 0 aliphatic carbocycles. The largest absolute Gasteiger partial charge is 0.481 e. The molecule has 0 aliphatic heterocycles. The van der Waals surface area contributed by atoms with Gasteiger partial charge in [-0.25, -0.2) is 0 Å². The monoisotopic (exact) mass is 278 g/mol. The van der Waals surface area contributed by atoms with E-state index in [1.54, 1.807) is 0 Å². The molecule has 0 aliphatic rings. The number of hydrogen-bond donors (Lipinski definition) is 2. The lowest BCUT2D eigenvalue weighted by Gasteiger charge is -2.09. The van der Waals surface area contributed by atoms with E-state index >= 15 is 0 Å². The first kappa shape index (κ1) is 17.0. The number of carbonyl (C=O) groups excluding carboxylic acids is 1. The molecule has 6 nitrogen and oxygen atoms in total. The van der Waals surface area contributed by atoms with Gasteiger partial charge in [0.15, 0.2) is 5.78 Å². The van der Waals surface area contributed by atoms with Crippen molar-refractivity contribution in [1.82, 2.24) is 0 Å². The normalized spacial score (nSPS) is 13.8. The minimum absolute atomic E-state index is 0.00701. The van der Waals surface area contributed by atoms with Gasteiger partial charge < -0.3 is 14.5 Å². The minimum Gasteiger partial charge on any atom is -0.481 e. The molecular weight excluding hydrogens is 259 g/mol. The standard InChI is InChI=1S/C11H19O6P/c1-2-10(12)7-5-3-4-6-8-17-18(15,16)9-11(13)14/h2H,1,3-9H2,(H,13,14)(H,15,16). The van der Waals surface area contributed by atoms with E-state index in [2.05, 4.69) is 11.1 Å². The number of carboxylic acid groups (broad SMARTS) is 1. The van der Waals surface area contributed by atoms with Crippen LogP contribution >= 0.6 is 7.60 Å². The molecule has 18 heavy (non-hydrogen) atoms. The van der Waals surface area contributed by atoms with Crippen molar-refractivity contribution in [2.45, 2.75) is 32.1 Å². The summed E-state index contributed by atoms with van der Waals surface area (Å²) in [6.07, 6.45) is 3.76. The zero-order valence-corrected chi connectivity index (χ0v) is 11.1. The highest BCUT2D eigenvalue weighted by atomic mass is 31.2. The molecule has 7 heteroatoms. The van der Waals surface area contributed by atoms with Crippen molar-refractivity contribution in [3.8, 4) is 0 Å². The van der Waals surface area contributed by atoms with E-state index in [1.807, 2.05) is 0 Å².